The molecule has 0 radical (unpaired) electrons. The summed E-state index contributed by atoms with van der Waals surface area (Å²) in [4.78, 5) is 38.6. The second kappa shape index (κ2) is 8.71. The van der Waals surface area contributed by atoms with Crippen molar-refractivity contribution in [2.45, 2.75) is 13.0 Å². The number of carbonyl (C=O) groups is 2. The van der Waals surface area contributed by atoms with Gasteiger partial charge in [0.25, 0.3) is 11.5 Å². The van der Waals surface area contributed by atoms with Gasteiger partial charge in [-0.1, -0.05) is 54.6 Å². The van der Waals surface area contributed by atoms with Gasteiger partial charge in [-0.2, -0.15) is 5.10 Å². The van der Waals surface area contributed by atoms with Gasteiger partial charge in [-0.05, 0) is 23.1 Å². The predicted octanol–water partition coefficient (Wildman–Crippen LogP) is 2.51. The van der Waals surface area contributed by atoms with Crippen molar-refractivity contribution >= 4 is 33.9 Å². The molecule has 0 aliphatic rings. The molecule has 7 nitrogen and oxygen atoms in total. The second-order valence-corrected chi connectivity index (χ2v) is 7.63. The third kappa shape index (κ3) is 4.28. The number of nitrogens with one attached hydrogen (secondary N) is 2. The first-order valence-electron chi connectivity index (χ1n) is 9.27. The molecule has 8 heteroatoms. The molecule has 0 saturated carbocycles. The number of aromatic nitrogens is 2. The zero-order chi connectivity index (χ0) is 20.9. The van der Waals surface area contributed by atoms with Gasteiger partial charge in [0.2, 0.25) is 5.91 Å². The van der Waals surface area contributed by atoms with Crippen molar-refractivity contribution < 1.29 is 9.59 Å². The number of rotatable bonds is 5. The maximum absolute atomic E-state index is 12.9. The number of carbonyl (C=O) groups excluding carboxylic acids is 2. The summed E-state index contributed by atoms with van der Waals surface area (Å²) in [5.74, 6) is -0.930. The molecule has 0 spiro atoms. The average Bonchev–Trinajstić information content (AvgIpc) is 3.28. The minimum atomic E-state index is -0.590. The summed E-state index contributed by atoms with van der Waals surface area (Å²) in [7, 11) is 0. The van der Waals surface area contributed by atoms with Crippen LogP contribution in [-0.2, 0) is 17.8 Å². The Morgan fingerprint density at radius 3 is 2.37 bits per heavy atom. The molecule has 4 rings (SSSR count). The number of hydrogen-bond donors (Lipinski definition) is 2. The molecule has 0 aliphatic carbocycles. The van der Waals surface area contributed by atoms with Gasteiger partial charge in [-0.3, -0.25) is 25.2 Å². The summed E-state index contributed by atoms with van der Waals surface area (Å²) in [5, 5.41) is 6.99. The van der Waals surface area contributed by atoms with Gasteiger partial charge in [0.15, 0.2) is 5.69 Å². The zero-order valence-electron chi connectivity index (χ0n) is 15.9. The van der Waals surface area contributed by atoms with Crippen LogP contribution in [0.25, 0.3) is 10.8 Å². The maximum atomic E-state index is 12.9. The Morgan fingerprint density at radius 1 is 0.900 bits per heavy atom. The molecule has 0 saturated heterocycles. The van der Waals surface area contributed by atoms with Gasteiger partial charge in [0.1, 0.15) is 0 Å². The standard InChI is InChI=1S/C22H18N4O3S/c27-19(13-16-9-6-12-30-16)23-24-21(28)20-17-10-4-5-11-18(17)22(29)26(25-20)14-15-7-2-1-3-8-15/h1-12H,13-14H2,(H,23,27)(H,24,28). The summed E-state index contributed by atoms with van der Waals surface area (Å²) >= 11 is 1.46. The lowest BCUT2D eigenvalue weighted by Gasteiger charge is -2.12. The van der Waals surface area contributed by atoms with Crippen molar-refractivity contribution in [3.05, 3.63) is 98.6 Å². The van der Waals surface area contributed by atoms with Gasteiger partial charge >= 0.3 is 0 Å². The molecule has 2 heterocycles. The second-order valence-electron chi connectivity index (χ2n) is 6.60. The molecule has 2 aromatic heterocycles. The molecule has 0 unspecified atom stereocenters. The molecular formula is C22H18N4O3S. The molecule has 0 fully saturated rings. The van der Waals surface area contributed by atoms with Crippen LogP contribution in [0.1, 0.15) is 20.9 Å². The zero-order valence-corrected chi connectivity index (χ0v) is 16.7. The van der Waals surface area contributed by atoms with Crippen LogP contribution in [0.4, 0.5) is 0 Å². The molecule has 0 atom stereocenters. The number of hydrogen-bond acceptors (Lipinski definition) is 5. The topological polar surface area (TPSA) is 93.1 Å². The molecule has 2 aromatic carbocycles. The van der Waals surface area contributed by atoms with E-state index in [1.54, 1.807) is 24.3 Å². The Balaban J connectivity index is 1.60. The summed E-state index contributed by atoms with van der Waals surface area (Å²) in [6, 6.07) is 19.9. The Kier molecular flexibility index (Phi) is 5.67. The lowest BCUT2D eigenvalue weighted by atomic mass is 10.1. The Labute approximate surface area is 175 Å². The highest BCUT2D eigenvalue weighted by Gasteiger charge is 2.17. The van der Waals surface area contributed by atoms with Crippen LogP contribution < -0.4 is 16.4 Å². The Bertz CT molecular complexity index is 1250. The van der Waals surface area contributed by atoms with Crippen LogP contribution in [0.2, 0.25) is 0 Å². The molecule has 150 valence electrons. The largest absolute Gasteiger partial charge is 0.290 e. The van der Waals surface area contributed by atoms with Crippen molar-refractivity contribution in [1.82, 2.24) is 20.6 Å². The molecular weight excluding hydrogens is 400 g/mol. The minimum Gasteiger partial charge on any atom is -0.273 e. The van der Waals surface area contributed by atoms with Crippen molar-refractivity contribution in [1.29, 1.82) is 0 Å². The fourth-order valence-electron chi connectivity index (χ4n) is 3.07. The monoisotopic (exact) mass is 418 g/mol. The number of fused-ring (bicyclic) bond motifs is 1. The molecule has 2 amide bonds. The highest BCUT2D eigenvalue weighted by atomic mass is 32.1. The van der Waals surface area contributed by atoms with Crippen molar-refractivity contribution in [2.75, 3.05) is 0 Å². The van der Waals surface area contributed by atoms with E-state index in [1.165, 1.54) is 16.0 Å². The fraction of sp³-hybridized carbons (Fsp3) is 0.0909. The molecule has 0 aliphatic heterocycles. The van der Waals surface area contributed by atoms with Crippen LogP contribution >= 0.6 is 11.3 Å². The number of amides is 2. The van der Waals surface area contributed by atoms with Crippen molar-refractivity contribution in [3.63, 3.8) is 0 Å². The predicted molar refractivity (Wildman–Crippen MR) is 115 cm³/mol. The van der Waals surface area contributed by atoms with Gasteiger partial charge < -0.3 is 0 Å². The number of nitrogens with zero attached hydrogens (tertiary/aromatic N) is 2. The van der Waals surface area contributed by atoms with Gasteiger partial charge in [0, 0.05) is 10.3 Å². The van der Waals surface area contributed by atoms with E-state index in [4.69, 9.17) is 0 Å². The Morgan fingerprint density at radius 2 is 1.63 bits per heavy atom. The smallest absolute Gasteiger partial charge is 0.273 e. The summed E-state index contributed by atoms with van der Waals surface area (Å²) in [5.41, 5.74) is 5.48. The quantitative estimate of drug-likeness (QED) is 0.487. The van der Waals surface area contributed by atoms with Crippen LogP contribution in [-0.4, -0.2) is 21.6 Å². The van der Waals surface area contributed by atoms with Gasteiger partial charge in [-0.15, -0.1) is 11.3 Å². The lowest BCUT2D eigenvalue weighted by molar-refractivity contribution is -0.121. The van der Waals surface area contributed by atoms with Crippen LogP contribution in [0.5, 0.6) is 0 Å². The Hall–Kier alpha value is -3.78. The molecule has 0 bridgehead atoms. The first-order chi connectivity index (χ1) is 14.6. The fourth-order valence-corrected chi connectivity index (χ4v) is 3.77. The normalized spacial score (nSPS) is 10.7. The van der Waals surface area contributed by atoms with E-state index < -0.39 is 5.91 Å². The van der Waals surface area contributed by atoms with E-state index >= 15 is 0 Å². The molecule has 30 heavy (non-hydrogen) atoms. The minimum absolute atomic E-state index is 0.0672. The number of thiophene rings is 1. The van der Waals surface area contributed by atoms with Crippen LogP contribution in [0.15, 0.2) is 76.9 Å². The van der Waals surface area contributed by atoms with E-state index in [2.05, 4.69) is 16.0 Å². The molecule has 4 aromatic rings. The van der Waals surface area contributed by atoms with Gasteiger partial charge in [-0.25, -0.2) is 4.68 Å². The van der Waals surface area contributed by atoms with Crippen molar-refractivity contribution in [3.8, 4) is 0 Å². The van der Waals surface area contributed by atoms with E-state index in [0.717, 1.165) is 10.4 Å². The highest BCUT2D eigenvalue weighted by Crippen LogP contribution is 2.14. The summed E-state index contributed by atoms with van der Waals surface area (Å²) in [6.45, 7) is 0.232. The van der Waals surface area contributed by atoms with E-state index in [0.29, 0.717) is 10.8 Å². The third-order valence-corrected chi connectivity index (χ3v) is 5.36. The van der Waals surface area contributed by atoms with Crippen molar-refractivity contribution in [2.24, 2.45) is 0 Å². The highest BCUT2D eigenvalue weighted by molar-refractivity contribution is 7.10. The number of benzene rings is 2. The van der Waals surface area contributed by atoms with E-state index in [9.17, 15) is 14.4 Å². The third-order valence-electron chi connectivity index (χ3n) is 4.49. The lowest BCUT2D eigenvalue weighted by Crippen LogP contribution is -2.43. The molecule has 2 N–H and O–H groups in total. The van der Waals surface area contributed by atoms with E-state index in [1.807, 2.05) is 47.8 Å². The summed E-state index contributed by atoms with van der Waals surface area (Å²) < 4.78 is 1.26. The summed E-state index contributed by atoms with van der Waals surface area (Å²) in [6.07, 6.45) is 0.166. The van der Waals surface area contributed by atoms with Crippen LogP contribution in [0.3, 0.4) is 0 Å². The first-order valence-corrected chi connectivity index (χ1v) is 10.1. The van der Waals surface area contributed by atoms with E-state index in [-0.39, 0.29) is 30.1 Å². The number of hydrazine groups is 1. The maximum Gasteiger partial charge on any atom is 0.290 e. The average molecular weight is 418 g/mol. The first kappa shape index (κ1) is 19.5. The van der Waals surface area contributed by atoms with Crippen LogP contribution in [0, 0.1) is 0 Å². The SMILES string of the molecule is O=C(Cc1cccs1)NNC(=O)c1nn(Cc2ccccc2)c(=O)c2ccccc12. The van der Waals surface area contributed by atoms with Gasteiger partial charge in [0.05, 0.1) is 18.4 Å².